The van der Waals surface area contributed by atoms with E-state index in [1.807, 2.05) is 0 Å². The molecule has 0 fully saturated rings. The van der Waals surface area contributed by atoms with Crippen LogP contribution in [0.2, 0.25) is 0 Å². The van der Waals surface area contributed by atoms with Crippen LogP contribution in [-0.4, -0.2) is 29.7 Å². The third-order valence-corrected chi connectivity index (χ3v) is 1.34. The van der Waals surface area contributed by atoms with Crippen LogP contribution in [-0.2, 0) is 9.59 Å². The van der Waals surface area contributed by atoms with Crippen molar-refractivity contribution in [2.24, 2.45) is 11.7 Å². The minimum absolute atomic E-state index is 0.0253. The van der Waals surface area contributed by atoms with Gasteiger partial charge in [-0.25, -0.2) is 4.79 Å². The fourth-order valence-corrected chi connectivity index (χ4v) is 0.922. The van der Waals surface area contributed by atoms with Crippen LogP contribution >= 0.6 is 0 Å². The maximum atomic E-state index is 10.7. The van der Waals surface area contributed by atoms with E-state index in [1.165, 1.54) is 11.6 Å². The molecule has 0 aliphatic heterocycles. The first kappa shape index (κ1) is 9.81. The zero-order valence-electron chi connectivity index (χ0n) is 7.00. The highest BCUT2D eigenvalue weighted by Gasteiger charge is 2.21. The molecule has 0 aromatic carbocycles. The van der Waals surface area contributed by atoms with Crippen LogP contribution in [0.3, 0.4) is 0 Å². The molecule has 0 aliphatic carbocycles. The lowest BCUT2D eigenvalue weighted by Gasteiger charge is -2.00. The van der Waals surface area contributed by atoms with E-state index in [4.69, 9.17) is 5.73 Å². The molecular weight excluding hydrogens is 144 g/mol. The number of carbonyl (C=O) groups is 2. The minimum Gasteiger partial charge on any atom is -0.361 e. The van der Waals surface area contributed by atoms with Gasteiger partial charge >= 0.3 is 12.3 Å². The van der Waals surface area contributed by atoms with Crippen LogP contribution in [0.5, 0.6) is 0 Å². The smallest absolute Gasteiger partial charge is 0.361 e. The van der Waals surface area contributed by atoms with E-state index in [-0.39, 0.29) is 5.92 Å². The van der Waals surface area contributed by atoms with Crippen LogP contribution < -0.4 is 5.73 Å². The molecule has 0 heterocycles. The summed E-state index contributed by atoms with van der Waals surface area (Å²) in [5.74, 6) is -0.572. The highest BCUT2D eigenvalue weighted by atomic mass is 16.2. The molecule has 4 heteroatoms. The molecule has 2 N–H and O–H groups in total. The zero-order chi connectivity index (χ0) is 9.02. The van der Waals surface area contributed by atoms with Crippen molar-refractivity contribution in [3.8, 4) is 0 Å². The van der Waals surface area contributed by atoms with Gasteiger partial charge in [-0.2, -0.15) is 4.58 Å². The van der Waals surface area contributed by atoms with Crippen molar-refractivity contribution in [1.29, 1.82) is 0 Å². The predicted octanol–water partition coefficient (Wildman–Crippen LogP) is -0.633. The van der Waals surface area contributed by atoms with Gasteiger partial charge in [0.15, 0.2) is 0 Å². The quantitative estimate of drug-likeness (QED) is 0.337. The Hall–Kier alpha value is -1.19. The highest BCUT2D eigenvalue weighted by Crippen LogP contribution is 1.94. The Morgan fingerprint density at radius 3 is 2.09 bits per heavy atom. The van der Waals surface area contributed by atoms with Gasteiger partial charge in [0, 0.05) is 5.92 Å². The van der Waals surface area contributed by atoms with E-state index in [2.05, 4.69) is 0 Å². The number of rotatable bonds is 3. The van der Waals surface area contributed by atoms with E-state index in [1.54, 1.807) is 13.8 Å². The number of nitrogens with zero attached hydrogens (tertiary/aromatic N) is 1. The lowest BCUT2D eigenvalue weighted by atomic mass is 10.1. The number of amides is 2. The Kier molecular flexibility index (Phi) is 3.44. The molecule has 0 aliphatic rings. The van der Waals surface area contributed by atoms with Gasteiger partial charge in [-0.05, 0) is 0 Å². The van der Waals surface area contributed by atoms with Gasteiger partial charge in [-0.1, -0.05) is 13.8 Å². The summed E-state index contributed by atoms with van der Waals surface area (Å²) < 4.78 is 1.20. The summed E-state index contributed by atoms with van der Waals surface area (Å²) in [6, 6.07) is 0. The first-order valence-electron chi connectivity index (χ1n) is 3.35. The number of primary amides is 1. The number of nitrogens with two attached hydrogens (primary N) is 1. The summed E-state index contributed by atoms with van der Waals surface area (Å²) in [6.45, 7) is 3.61. The van der Waals surface area contributed by atoms with Crippen molar-refractivity contribution >= 4 is 18.0 Å². The van der Waals surface area contributed by atoms with Gasteiger partial charge in [0.1, 0.15) is 7.05 Å². The maximum Gasteiger partial charge on any atom is 0.375 e. The standard InChI is InChI=1S/C7H12N2O2/c1-5(2)6(7(8)11)9(3)4-10/h4-5H,1-3H3,(H-,8,11)/p+1. The molecule has 0 saturated heterocycles. The molecule has 0 aromatic heterocycles. The first-order chi connectivity index (χ1) is 5.00. The van der Waals surface area contributed by atoms with Gasteiger partial charge < -0.3 is 5.73 Å². The molecule has 0 spiro atoms. The van der Waals surface area contributed by atoms with E-state index in [0.29, 0.717) is 12.1 Å². The molecule has 2 amide bonds. The predicted molar refractivity (Wildman–Crippen MR) is 41.3 cm³/mol. The fourth-order valence-electron chi connectivity index (χ4n) is 0.922. The summed E-state index contributed by atoms with van der Waals surface area (Å²) in [5.41, 5.74) is 5.37. The average molecular weight is 157 g/mol. The second-order valence-corrected chi connectivity index (χ2v) is 2.62. The molecular formula is C7H13N2O2+. The van der Waals surface area contributed by atoms with E-state index in [0.717, 1.165) is 0 Å². The Morgan fingerprint density at radius 1 is 1.55 bits per heavy atom. The second-order valence-electron chi connectivity index (χ2n) is 2.62. The molecule has 0 rings (SSSR count). The van der Waals surface area contributed by atoms with Crippen molar-refractivity contribution in [2.75, 3.05) is 7.05 Å². The van der Waals surface area contributed by atoms with Crippen molar-refractivity contribution in [3.63, 3.8) is 0 Å². The summed E-state index contributed by atoms with van der Waals surface area (Å²) in [5, 5.41) is 0. The molecule has 0 unspecified atom stereocenters. The third kappa shape index (κ3) is 2.49. The Labute approximate surface area is 65.7 Å². The third-order valence-electron chi connectivity index (χ3n) is 1.34. The van der Waals surface area contributed by atoms with Gasteiger partial charge in [0.25, 0.3) is 5.71 Å². The average Bonchev–Trinajstić information content (AvgIpc) is 1.85. The van der Waals surface area contributed by atoms with Crippen LogP contribution in [0.25, 0.3) is 0 Å². The molecule has 0 saturated carbocycles. The van der Waals surface area contributed by atoms with Gasteiger partial charge in [-0.3, -0.25) is 4.79 Å². The minimum atomic E-state index is -0.547. The van der Waals surface area contributed by atoms with E-state index < -0.39 is 5.91 Å². The van der Waals surface area contributed by atoms with Crippen molar-refractivity contribution in [3.05, 3.63) is 0 Å². The van der Waals surface area contributed by atoms with Crippen molar-refractivity contribution in [1.82, 2.24) is 0 Å². The Balaban J connectivity index is 4.87. The maximum absolute atomic E-state index is 10.7. The van der Waals surface area contributed by atoms with Crippen LogP contribution in [0, 0.1) is 5.92 Å². The zero-order valence-corrected chi connectivity index (χ0v) is 7.00. The first-order valence-corrected chi connectivity index (χ1v) is 3.35. The SMILES string of the molecule is CC(C)C(C(N)=O)=[N+](C)C=O. The molecule has 0 bridgehead atoms. The number of hydrogen-bond acceptors (Lipinski definition) is 2. The molecule has 62 valence electrons. The molecule has 0 aromatic rings. The van der Waals surface area contributed by atoms with Crippen LogP contribution in [0.1, 0.15) is 13.8 Å². The largest absolute Gasteiger partial charge is 0.375 e. The van der Waals surface area contributed by atoms with E-state index >= 15 is 0 Å². The summed E-state index contributed by atoms with van der Waals surface area (Å²) in [6.07, 6.45) is 0.570. The summed E-state index contributed by atoms with van der Waals surface area (Å²) in [7, 11) is 1.51. The Morgan fingerprint density at radius 2 is 2.00 bits per heavy atom. The monoisotopic (exact) mass is 157 g/mol. The topological polar surface area (TPSA) is 63.2 Å². The lowest BCUT2D eigenvalue weighted by Crippen LogP contribution is -2.35. The molecule has 11 heavy (non-hydrogen) atoms. The summed E-state index contributed by atoms with van der Waals surface area (Å²) in [4.78, 5) is 21.0. The number of carbonyl (C=O) groups excluding carboxylic acids is 2. The molecule has 4 nitrogen and oxygen atoms in total. The van der Waals surface area contributed by atoms with Gasteiger partial charge in [0.05, 0.1) is 0 Å². The molecule has 0 radical (unpaired) electrons. The molecule has 0 atom stereocenters. The lowest BCUT2D eigenvalue weighted by molar-refractivity contribution is -0.403. The summed E-state index contributed by atoms with van der Waals surface area (Å²) >= 11 is 0. The highest BCUT2D eigenvalue weighted by molar-refractivity contribution is 6.37. The van der Waals surface area contributed by atoms with Crippen LogP contribution in [0.15, 0.2) is 0 Å². The van der Waals surface area contributed by atoms with Gasteiger partial charge in [0.2, 0.25) is 0 Å². The number of hydrogen-bond donors (Lipinski definition) is 1. The fraction of sp³-hybridized carbons (Fsp3) is 0.571. The van der Waals surface area contributed by atoms with Gasteiger partial charge in [-0.15, -0.1) is 0 Å². The van der Waals surface area contributed by atoms with Crippen molar-refractivity contribution in [2.45, 2.75) is 13.8 Å². The van der Waals surface area contributed by atoms with E-state index in [9.17, 15) is 9.59 Å². The van der Waals surface area contributed by atoms with Crippen LogP contribution in [0.4, 0.5) is 0 Å². The Bertz CT molecular complexity index is 206. The normalized spacial score (nSPS) is 12.7. The van der Waals surface area contributed by atoms with Crippen molar-refractivity contribution < 1.29 is 14.2 Å². The second kappa shape index (κ2) is 3.85.